The predicted octanol–water partition coefficient (Wildman–Crippen LogP) is 4.23. The van der Waals surface area contributed by atoms with Crippen molar-refractivity contribution < 1.29 is 19.1 Å². The molecule has 1 aliphatic rings. The first kappa shape index (κ1) is 23.2. The molecular formula is C23H36N2O4. The number of ether oxygens (including phenoxy) is 2. The van der Waals surface area contributed by atoms with Gasteiger partial charge < -0.3 is 14.4 Å². The number of rotatable bonds is 6. The fourth-order valence-corrected chi connectivity index (χ4v) is 3.58. The van der Waals surface area contributed by atoms with Crippen molar-refractivity contribution in [1.29, 1.82) is 0 Å². The Labute approximate surface area is 175 Å². The molecule has 6 heteroatoms. The monoisotopic (exact) mass is 404 g/mol. The third kappa shape index (κ3) is 7.03. The zero-order valence-corrected chi connectivity index (χ0v) is 18.7. The van der Waals surface area contributed by atoms with Crippen molar-refractivity contribution >= 4 is 12.0 Å². The lowest BCUT2D eigenvalue weighted by Crippen LogP contribution is -2.57. The second-order valence-corrected chi connectivity index (χ2v) is 8.99. The number of aryl methyl sites for hydroxylation is 1. The minimum atomic E-state index is -0.652. The third-order valence-electron chi connectivity index (χ3n) is 4.98. The second-order valence-electron chi connectivity index (χ2n) is 8.99. The molecule has 0 N–H and O–H groups in total. The number of benzene rings is 1. The van der Waals surface area contributed by atoms with Gasteiger partial charge in [0.1, 0.15) is 17.9 Å². The Hall–Kier alpha value is -2.08. The molecule has 162 valence electrons. The maximum Gasteiger partial charge on any atom is 0.413 e. The van der Waals surface area contributed by atoms with E-state index in [-0.39, 0.29) is 12.0 Å². The smallest absolute Gasteiger partial charge is 0.413 e. The molecule has 1 heterocycles. The summed E-state index contributed by atoms with van der Waals surface area (Å²) in [5.74, 6) is -0.117. The van der Waals surface area contributed by atoms with E-state index in [1.54, 1.807) is 23.9 Å². The predicted molar refractivity (Wildman–Crippen MR) is 114 cm³/mol. The van der Waals surface area contributed by atoms with Crippen LogP contribution in [0.4, 0.5) is 4.79 Å². The molecule has 0 unspecified atom stereocenters. The van der Waals surface area contributed by atoms with Crippen molar-refractivity contribution in [3.05, 3.63) is 35.9 Å². The topological polar surface area (TPSA) is 59.1 Å². The molecule has 1 saturated heterocycles. The molecule has 29 heavy (non-hydrogen) atoms. The van der Waals surface area contributed by atoms with E-state index in [9.17, 15) is 9.59 Å². The van der Waals surface area contributed by atoms with Crippen LogP contribution in [-0.2, 0) is 20.7 Å². The highest BCUT2D eigenvalue weighted by molar-refractivity contribution is 5.85. The van der Waals surface area contributed by atoms with Crippen molar-refractivity contribution in [3.63, 3.8) is 0 Å². The number of nitrogens with zero attached hydrogens (tertiary/aromatic N) is 2. The lowest BCUT2D eigenvalue weighted by molar-refractivity contribution is -0.154. The van der Waals surface area contributed by atoms with Crippen molar-refractivity contribution in [2.75, 3.05) is 14.1 Å². The molecule has 0 saturated carbocycles. The summed E-state index contributed by atoms with van der Waals surface area (Å²) >= 11 is 0. The molecule has 0 aromatic heterocycles. The first-order valence-electron chi connectivity index (χ1n) is 10.5. The summed E-state index contributed by atoms with van der Waals surface area (Å²) in [6.07, 6.45) is 2.89. The molecule has 0 bridgehead atoms. The molecule has 0 spiro atoms. The molecule has 6 nitrogen and oxygen atoms in total. The fraction of sp³-hybridized carbons (Fsp3) is 0.652. The molecule has 3 atom stereocenters. The Morgan fingerprint density at radius 3 is 2.38 bits per heavy atom. The van der Waals surface area contributed by atoms with Crippen molar-refractivity contribution in [1.82, 2.24) is 9.80 Å². The molecular weight excluding hydrogens is 368 g/mol. The summed E-state index contributed by atoms with van der Waals surface area (Å²) < 4.78 is 11.8. The lowest BCUT2D eigenvalue weighted by atomic mass is 10.0. The summed E-state index contributed by atoms with van der Waals surface area (Å²) in [5.41, 5.74) is 0.479. The normalized spacial score (nSPS) is 20.6. The Morgan fingerprint density at radius 2 is 1.83 bits per heavy atom. The summed E-state index contributed by atoms with van der Waals surface area (Å²) in [4.78, 5) is 29.4. The van der Waals surface area contributed by atoms with Crippen molar-refractivity contribution in [2.45, 2.75) is 83.8 Å². The number of carbonyl (C=O) groups is 2. The van der Waals surface area contributed by atoms with E-state index in [0.29, 0.717) is 19.3 Å². The van der Waals surface area contributed by atoms with Crippen LogP contribution in [-0.4, -0.2) is 59.9 Å². The third-order valence-corrected chi connectivity index (χ3v) is 4.98. The van der Waals surface area contributed by atoms with Crippen LogP contribution in [0, 0.1) is 0 Å². The highest BCUT2D eigenvalue weighted by Crippen LogP contribution is 2.27. The number of hydrogen-bond donors (Lipinski definition) is 0. The quantitative estimate of drug-likeness (QED) is 0.712. The number of amides is 2. The SMILES string of the molecule is C[C@@H]1CCC[C@H](N(C(=O)OC(C)(C)C)[C@H](CCc2ccccc2)C(=O)N(C)C)O1. The van der Waals surface area contributed by atoms with E-state index in [2.05, 4.69) is 0 Å². The Morgan fingerprint density at radius 1 is 1.17 bits per heavy atom. The van der Waals surface area contributed by atoms with Crippen LogP contribution in [0.15, 0.2) is 30.3 Å². The van der Waals surface area contributed by atoms with E-state index < -0.39 is 24.0 Å². The summed E-state index contributed by atoms with van der Waals surface area (Å²) in [7, 11) is 3.44. The molecule has 0 aliphatic carbocycles. The average molecular weight is 405 g/mol. The highest BCUT2D eigenvalue weighted by atomic mass is 16.6. The van der Waals surface area contributed by atoms with Crippen LogP contribution in [0.2, 0.25) is 0 Å². The lowest BCUT2D eigenvalue weighted by Gasteiger charge is -2.41. The molecule has 2 amide bonds. The van der Waals surface area contributed by atoms with Gasteiger partial charge in [-0.25, -0.2) is 4.79 Å². The standard InChI is InChI=1S/C23H36N2O4/c1-17-11-10-14-20(28-17)25(22(27)29-23(2,3)4)19(21(26)24(5)6)16-15-18-12-8-7-9-13-18/h7-9,12-13,17,19-20H,10-11,14-16H2,1-6H3/t17-,19-,20-/m1/s1. The summed E-state index contributed by atoms with van der Waals surface area (Å²) in [6.45, 7) is 7.51. The minimum absolute atomic E-state index is 0.0444. The molecule has 2 rings (SSSR count). The highest BCUT2D eigenvalue weighted by Gasteiger charge is 2.40. The van der Waals surface area contributed by atoms with Gasteiger partial charge in [-0.2, -0.15) is 0 Å². The van der Waals surface area contributed by atoms with Crippen LogP contribution < -0.4 is 0 Å². The average Bonchev–Trinajstić information content (AvgIpc) is 2.63. The Bertz CT molecular complexity index is 669. The summed E-state index contributed by atoms with van der Waals surface area (Å²) in [6, 6.07) is 9.36. The fourth-order valence-electron chi connectivity index (χ4n) is 3.58. The van der Waals surface area contributed by atoms with Crippen LogP contribution in [0.1, 0.15) is 58.9 Å². The number of likely N-dealkylation sites (N-methyl/N-ethyl adjacent to an activating group) is 1. The van der Waals surface area contributed by atoms with Crippen LogP contribution in [0.3, 0.4) is 0 Å². The van der Waals surface area contributed by atoms with Gasteiger partial charge in [0.15, 0.2) is 0 Å². The van der Waals surface area contributed by atoms with Crippen LogP contribution in [0.5, 0.6) is 0 Å². The van der Waals surface area contributed by atoms with Gasteiger partial charge in [0.2, 0.25) is 5.91 Å². The van der Waals surface area contributed by atoms with Crippen LogP contribution >= 0.6 is 0 Å². The largest absolute Gasteiger partial charge is 0.444 e. The second kappa shape index (κ2) is 10.1. The molecule has 1 fully saturated rings. The maximum absolute atomic E-state index is 13.2. The summed E-state index contributed by atoms with van der Waals surface area (Å²) in [5, 5.41) is 0. The van der Waals surface area contributed by atoms with Gasteiger partial charge in [0, 0.05) is 14.1 Å². The maximum atomic E-state index is 13.2. The first-order chi connectivity index (χ1) is 13.6. The Balaban J connectivity index is 2.32. The van der Waals surface area contributed by atoms with Gasteiger partial charge in [-0.05, 0) is 65.4 Å². The van der Waals surface area contributed by atoms with E-state index in [0.717, 1.165) is 18.4 Å². The zero-order valence-electron chi connectivity index (χ0n) is 18.7. The van der Waals surface area contributed by atoms with E-state index in [4.69, 9.17) is 9.47 Å². The Kier molecular flexibility index (Phi) is 8.08. The zero-order chi connectivity index (χ0) is 21.6. The van der Waals surface area contributed by atoms with Gasteiger partial charge >= 0.3 is 6.09 Å². The number of carbonyl (C=O) groups excluding carboxylic acids is 2. The first-order valence-corrected chi connectivity index (χ1v) is 10.5. The minimum Gasteiger partial charge on any atom is -0.444 e. The van der Waals surface area contributed by atoms with Gasteiger partial charge in [-0.1, -0.05) is 30.3 Å². The van der Waals surface area contributed by atoms with Gasteiger partial charge in [0.25, 0.3) is 0 Å². The van der Waals surface area contributed by atoms with Crippen LogP contribution in [0.25, 0.3) is 0 Å². The molecule has 1 aromatic carbocycles. The molecule has 1 aliphatic heterocycles. The molecule has 0 radical (unpaired) electrons. The molecule has 1 aromatic rings. The van der Waals surface area contributed by atoms with Gasteiger partial charge in [0.05, 0.1) is 6.10 Å². The van der Waals surface area contributed by atoms with Gasteiger partial charge in [-0.15, -0.1) is 0 Å². The van der Waals surface area contributed by atoms with E-state index in [1.165, 1.54) is 0 Å². The van der Waals surface area contributed by atoms with E-state index >= 15 is 0 Å². The van der Waals surface area contributed by atoms with E-state index in [1.807, 2.05) is 58.0 Å². The van der Waals surface area contributed by atoms with Crippen molar-refractivity contribution in [3.8, 4) is 0 Å². The van der Waals surface area contributed by atoms with Gasteiger partial charge in [-0.3, -0.25) is 9.69 Å². The van der Waals surface area contributed by atoms with Crippen molar-refractivity contribution in [2.24, 2.45) is 0 Å². The number of hydrogen-bond acceptors (Lipinski definition) is 4.